The van der Waals surface area contributed by atoms with Gasteiger partial charge >= 0.3 is 0 Å². The van der Waals surface area contributed by atoms with Crippen molar-refractivity contribution in [1.29, 1.82) is 0 Å². The number of carbonyl (C=O) groups is 1. The molecule has 0 saturated heterocycles. The molecule has 3 aromatic carbocycles. The van der Waals surface area contributed by atoms with Crippen molar-refractivity contribution in [3.8, 4) is 17.2 Å². The molecule has 0 saturated carbocycles. The fourth-order valence-corrected chi connectivity index (χ4v) is 4.32. The summed E-state index contributed by atoms with van der Waals surface area (Å²) in [5.74, 6) is 1.30. The summed E-state index contributed by atoms with van der Waals surface area (Å²) >= 11 is 3.46. The molecule has 5 aromatic rings. The van der Waals surface area contributed by atoms with Crippen LogP contribution in [0.2, 0.25) is 0 Å². The third kappa shape index (κ3) is 3.41. The first-order valence-electron chi connectivity index (χ1n) is 10.6. The van der Waals surface area contributed by atoms with Crippen LogP contribution in [0.1, 0.15) is 15.9 Å². The van der Waals surface area contributed by atoms with Crippen molar-refractivity contribution in [3.05, 3.63) is 82.3 Å². The molecule has 0 aliphatic carbocycles. The maximum Gasteiger partial charge on any atom is 0.257 e. The largest absolute Gasteiger partial charge is 0.454 e. The second-order valence-electron chi connectivity index (χ2n) is 7.83. The maximum absolute atomic E-state index is 13.4. The van der Waals surface area contributed by atoms with Gasteiger partial charge in [-0.15, -0.1) is 0 Å². The van der Waals surface area contributed by atoms with Crippen molar-refractivity contribution < 1.29 is 14.3 Å². The van der Waals surface area contributed by atoms with E-state index < -0.39 is 0 Å². The van der Waals surface area contributed by atoms with Gasteiger partial charge in [-0.25, -0.2) is 9.97 Å². The minimum Gasteiger partial charge on any atom is -0.454 e. The molecule has 0 radical (unpaired) electrons. The summed E-state index contributed by atoms with van der Waals surface area (Å²) in [5.41, 5.74) is 10.9. The van der Waals surface area contributed by atoms with Gasteiger partial charge in [0.25, 0.3) is 5.91 Å². The quantitative estimate of drug-likeness (QED) is 0.363. The molecule has 2 aromatic heterocycles. The molecule has 1 amide bonds. The van der Waals surface area contributed by atoms with Crippen molar-refractivity contribution >= 4 is 49.9 Å². The van der Waals surface area contributed by atoms with E-state index in [1.165, 1.54) is 0 Å². The lowest BCUT2D eigenvalue weighted by Crippen LogP contribution is -2.24. The summed E-state index contributed by atoms with van der Waals surface area (Å²) < 4.78 is 13.5. The van der Waals surface area contributed by atoms with Crippen LogP contribution in [0.4, 0.5) is 5.82 Å². The predicted molar refractivity (Wildman–Crippen MR) is 132 cm³/mol. The summed E-state index contributed by atoms with van der Waals surface area (Å²) in [5, 5.41) is 2.96. The van der Waals surface area contributed by atoms with Crippen molar-refractivity contribution in [2.75, 3.05) is 12.5 Å². The Hall–Kier alpha value is -4.11. The molecular weight excluding hydrogens is 498 g/mol. The highest BCUT2D eigenvalue weighted by Gasteiger charge is 2.25. The number of halogens is 1. The summed E-state index contributed by atoms with van der Waals surface area (Å²) in [7, 11) is 0. The molecule has 8 nitrogen and oxygen atoms in total. The topological polar surface area (TPSA) is 104 Å². The molecule has 6 rings (SSSR count). The summed E-state index contributed by atoms with van der Waals surface area (Å²) in [6.07, 6.45) is 0. The highest BCUT2D eigenvalue weighted by molar-refractivity contribution is 9.10. The van der Waals surface area contributed by atoms with Crippen LogP contribution < -0.4 is 20.5 Å². The molecule has 0 atom stereocenters. The Balaban J connectivity index is 1.44. The number of fused-ring (bicyclic) bond motifs is 3. The number of rotatable bonds is 4. The first-order valence-corrected chi connectivity index (χ1v) is 11.4. The van der Waals surface area contributed by atoms with Crippen LogP contribution >= 0.6 is 15.9 Å². The minimum atomic E-state index is -0.333. The van der Waals surface area contributed by atoms with E-state index in [9.17, 15) is 4.79 Å². The van der Waals surface area contributed by atoms with Crippen LogP contribution in [0.5, 0.6) is 11.5 Å². The van der Waals surface area contributed by atoms with E-state index in [0.29, 0.717) is 34.7 Å². The van der Waals surface area contributed by atoms with Crippen LogP contribution in [-0.4, -0.2) is 27.2 Å². The zero-order valence-electron chi connectivity index (χ0n) is 17.8. The van der Waals surface area contributed by atoms with Gasteiger partial charge in [0.15, 0.2) is 17.1 Å². The second-order valence-corrected chi connectivity index (χ2v) is 8.74. The van der Waals surface area contributed by atoms with E-state index in [1.807, 2.05) is 66.7 Å². The van der Waals surface area contributed by atoms with Gasteiger partial charge in [0.05, 0.1) is 11.0 Å². The number of nitrogens with one attached hydrogen (secondary N) is 1. The smallest absolute Gasteiger partial charge is 0.257 e. The van der Waals surface area contributed by atoms with E-state index >= 15 is 0 Å². The van der Waals surface area contributed by atoms with Gasteiger partial charge in [-0.3, -0.25) is 9.36 Å². The minimum absolute atomic E-state index is 0.198. The van der Waals surface area contributed by atoms with Gasteiger partial charge in [0, 0.05) is 16.7 Å². The van der Waals surface area contributed by atoms with E-state index in [2.05, 4.69) is 21.2 Å². The van der Waals surface area contributed by atoms with E-state index in [-0.39, 0.29) is 24.1 Å². The zero-order chi connectivity index (χ0) is 23.2. The highest BCUT2D eigenvalue weighted by atomic mass is 79.9. The van der Waals surface area contributed by atoms with Crippen LogP contribution in [-0.2, 0) is 6.54 Å². The fraction of sp³-hybridized carbons (Fsp3) is 0.0800. The van der Waals surface area contributed by atoms with Gasteiger partial charge in [-0.05, 0) is 54.1 Å². The number of benzene rings is 3. The van der Waals surface area contributed by atoms with E-state index in [1.54, 1.807) is 4.57 Å². The average molecular weight is 516 g/mol. The van der Waals surface area contributed by atoms with Gasteiger partial charge < -0.3 is 20.5 Å². The first kappa shape index (κ1) is 20.5. The summed E-state index contributed by atoms with van der Waals surface area (Å²) in [6.45, 7) is 0.491. The zero-order valence-corrected chi connectivity index (χ0v) is 19.4. The molecule has 9 heteroatoms. The Bertz CT molecular complexity index is 1580. The van der Waals surface area contributed by atoms with E-state index in [0.717, 1.165) is 21.2 Å². The van der Waals surface area contributed by atoms with Gasteiger partial charge in [-0.2, -0.15) is 0 Å². The van der Waals surface area contributed by atoms with Gasteiger partial charge in [-0.1, -0.05) is 34.1 Å². The van der Waals surface area contributed by atoms with Crippen LogP contribution in [0.15, 0.2) is 71.2 Å². The number of nitrogens with zero attached hydrogens (tertiary/aromatic N) is 3. The Labute approximate surface area is 202 Å². The van der Waals surface area contributed by atoms with Crippen molar-refractivity contribution in [1.82, 2.24) is 19.9 Å². The van der Waals surface area contributed by atoms with Crippen LogP contribution in [0.3, 0.4) is 0 Å². The summed E-state index contributed by atoms with van der Waals surface area (Å²) in [4.78, 5) is 22.9. The summed E-state index contributed by atoms with van der Waals surface area (Å²) in [6, 6.07) is 20.7. The molecule has 0 unspecified atom stereocenters. The Kier molecular flexibility index (Phi) is 4.84. The number of nitrogen functional groups attached to an aromatic ring is 1. The molecule has 1 aliphatic heterocycles. The van der Waals surface area contributed by atoms with Gasteiger partial charge in [0.2, 0.25) is 6.79 Å². The lowest BCUT2D eigenvalue weighted by Gasteiger charge is -2.09. The average Bonchev–Trinajstić information content (AvgIpc) is 3.43. The number of aromatic nitrogens is 3. The second kappa shape index (κ2) is 8.03. The molecule has 3 heterocycles. The number of para-hydroxylation sites is 2. The normalized spacial score (nSPS) is 12.4. The number of hydrogen-bond acceptors (Lipinski definition) is 6. The molecule has 1 aliphatic rings. The predicted octanol–water partition coefficient (Wildman–Crippen LogP) is 4.58. The van der Waals surface area contributed by atoms with Crippen LogP contribution in [0.25, 0.3) is 27.9 Å². The number of nitrogens with two attached hydrogens (primary N) is 1. The monoisotopic (exact) mass is 515 g/mol. The molecule has 0 spiro atoms. The number of carbonyl (C=O) groups excluding carboxylic acids is 1. The van der Waals surface area contributed by atoms with E-state index in [4.69, 9.17) is 25.2 Å². The molecule has 34 heavy (non-hydrogen) atoms. The van der Waals surface area contributed by atoms with Crippen LogP contribution in [0, 0.1) is 0 Å². The van der Waals surface area contributed by atoms with Crippen molar-refractivity contribution in [2.45, 2.75) is 6.54 Å². The highest BCUT2D eigenvalue weighted by Crippen LogP contribution is 2.33. The molecule has 168 valence electrons. The van der Waals surface area contributed by atoms with Gasteiger partial charge in [0.1, 0.15) is 16.9 Å². The number of amides is 1. The Morgan fingerprint density at radius 2 is 1.74 bits per heavy atom. The standard InChI is InChI=1S/C25H18BrN5O3/c26-15-6-8-16(9-7-15)31-23(27)21(22-24(31)30-18-4-2-1-3-17(18)29-22)25(32)28-12-14-5-10-19-20(11-14)34-13-33-19/h1-11H,12-13,27H2,(H,28,32). The maximum atomic E-state index is 13.4. The molecular formula is C25H18BrN5O3. The number of anilines is 1. The lowest BCUT2D eigenvalue weighted by molar-refractivity contribution is 0.0953. The Morgan fingerprint density at radius 1 is 1.00 bits per heavy atom. The van der Waals surface area contributed by atoms with Crippen molar-refractivity contribution in [3.63, 3.8) is 0 Å². The Morgan fingerprint density at radius 3 is 2.53 bits per heavy atom. The molecule has 0 fully saturated rings. The van der Waals surface area contributed by atoms with Crippen molar-refractivity contribution in [2.24, 2.45) is 0 Å². The number of hydrogen-bond donors (Lipinski definition) is 2. The lowest BCUT2D eigenvalue weighted by atomic mass is 10.2. The third-order valence-electron chi connectivity index (χ3n) is 5.70. The third-order valence-corrected chi connectivity index (χ3v) is 6.23. The first-order chi connectivity index (χ1) is 16.6. The number of ether oxygens (including phenoxy) is 2. The molecule has 0 bridgehead atoms. The SMILES string of the molecule is Nc1c(C(=O)NCc2ccc3c(c2)OCO3)c2nc3ccccc3nc2n1-c1ccc(Br)cc1. The molecule has 3 N–H and O–H groups in total. The fourth-order valence-electron chi connectivity index (χ4n) is 4.06.